The summed E-state index contributed by atoms with van der Waals surface area (Å²) in [6.45, 7) is 0. The Hall–Kier alpha value is -1.64. The van der Waals surface area contributed by atoms with Crippen molar-refractivity contribution in [3.8, 4) is 0 Å². The Kier molecular flexibility index (Phi) is 4.54. The van der Waals surface area contributed by atoms with E-state index in [4.69, 9.17) is 28.3 Å². The fourth-order valence-electron chi connectivity index (χ4n) is 2.10. The average Bonchev–Trinajstić information content (AvgIpc) is 2.83. The number of carbonyl (C=O) groups is 1. The molecule has 0 radical (unpaired) electrons. The Balaban J connectivity index is 1.89. The van der Waals surface area contributed by atoms with Crippen molar-refractivity contribution in [2.45, 2.75) is 4.90 Å². The standard InChI is InChI=1S/C15H10Cl2N2O3S2/c16-8-1-6-11-12(7-8)23-14(13(11)17)15(20)19-9-2-4-10(5-3-9)24(18,21)22/h1-7H,(H,19,20)(H2,18,21,22). The van der Waals surface area contributed by atoms with Gasteiger partial charge in [0.15, 0.2) is 0 Å². The van der Waals surface area contributed by atoms with Gasteiger partial charge in [0.1, 0.15) is 4.88 Å². The van der Waals surface area contributed by atoms with Crippen LogP contribution in [-0.4, -0.2) is 14.3 Å². The first-order chi connectivity index (χ1) is 11.3. The molecular weight excluding hydrogens is 391 g/mol. The van der Waals surface area contributed by atoms with Crippen molar-refractivity contribution in [1.29, 1.82) is 0 Å². The molecule has 0 unspecified atom stereocenters. The van der Waals surface area contributed by atoms with E-state index < -0.39 is 10.0 Å². The van der Waals surface area contributed by atoms with Gasteiger partial charge in [-0.25, -0.2) is 13.6 Å². The third-order valence-corrected chi connectivity index (χ3v) is 6.06. The van der Waals surface area contributed by atoms with E-state index in [1.54, 1.807) is 18.2 Å². The number of hydrogen-bond acceptors (Lipinski definition) is 4. The van der Waals surface area contributed by atoms with Crippen LogP contribution in [0.5, 0.6) is 0 Å². The van der Waals surface area contributed by atoms with Gasteiger partial charge in [0, 0.05) is 20.8 Å². The van der Waals surface area contributed by atoms with E-state index >= 15 is 0 Å². The van der Waals surface area contributed by atoms with E-state index in [0.29, 0.717) is 20.6 Å². The molecule has 3 N–H and O–H groups in total. The largest absolute Gasteiger partial charge is 0.321 e. The number of anilines is 1. The summed E-state index contributed by atoms with van der Waals surface area (Å²) < 4.78 is 23.3. The molecule has 1 aromatic heterocycles. The number of sulfonamides is 1. The molecule has 5 nitrogen and oxygen atoms in total. The van der Waals surface area contributed by atoms with E-state index in [2.05, 4.69) is 5.32 Å². The van der Waals surface area contributed by atoms with Crippen LogP contribution in [0.25, 0.3) is 10.1 Å². The molecular formula is C15H10Cl2N2O3S2. The van der Waals surface area contributed by atoms with Crippen LogP contribution in [0, 0.1) is 0 Å². The smallest absolute Gasteiger partial charge is 0.267 e. The Morgan fingerprint density at radius 2 is 1.75 bits per heavy atom. The van der Waals surface area contributed by atoms with Gasteiger partial charge >= 0.3 is 0 Å². The summed E-state index contributed by atoms with van der Waals surface area (Å²) in [5.74, 6) is -0.388. The van der Waals surface area contributed by atoms with Crippen molar-refractivity contribution in [1.82, 2.24) is 0 Å². The highest BCUT2D eigenvalue weighted by atomic mass is 35.5. The van der Waals surface area contributed by atoms with Crippen molar-refractivity contribution in [2.75, 3.05) is 5.32 Å². The van der Waals surface area contributed by atoms with Crippen LogP contribution in [0.15, 0.2) is 47.4 Å². The third kappa shape index (κ3) is 3.40. The van der Waals surface area contributed by atoms with Gasteiger partial charge in [-0.1, -0.05) is 29.3 Å². The van der Waals surface area contributed by atoms with Crippen LogP contribution < -0.4 is 10.5 Å². The van der Waals surface area contributed by atoms with Gasteiger partial charge in [-0.2, -0.15) is 0 Å². The van der Waals surface area contributed by atoms with Crippen molar-refractivity contribution in [2.24, 2.45) is 5.14 Å². The van der Waals surface area contributed by atoms with Crippen molar-refractivity contribution in [3.05, 3.63) is 57.4 Å². The maximum absolute atomic E-state index is 12.4. The molecule has 0 atom stereocenters. The second-order valence-corrected chi connectivity index (χ2v) is 8.34. The van der Waals surface area contributed by atoms with Crippen molar-refractivity contribution < 1.29 is 13.2 Å². The van der Waals surface area contributed by atoms with Gasteiger partial charge < -0.3 is 5.32 Å². The summed E-state index contributed by atoms with van der Waals surface area (Å²) in [6, 6.07) is 10.7. The lowest BCUT2D eigenvalue weighted by Crippen LogP contribution is -2.13. The molecule has 9 heteroatoms. The molecule has 0 saturated carbocycles. The first-order valence-corrected chi connectivity index (χ1v) is 9.69. The fraction of sp³-hybridized carbons (Fsp3) is 0. The summed E-state index contributed by atoms with van der Waals surface area (Å²) in [5.41, 5.74) is 0.430. The molecule has 0 aliphatic carbocycles. The second-order valence-electron chi connectivity index (χ2n) is 4.91. The number of primary sulfonamides is 1. The van der Waals surface area contributed by atoms with E-state index in [0.717, 1.165) is 10.1 Å². The second kappa shape index (κ2) is 6.34. The zero-order valence-electron chi connectivity index (χ0n) is 11.9. The van der Waals surface area contributed by atoms with E-state index in [-0.39, 0.29) is 10.8 Å². The minimum atomic E-state index is -3.77. The molecule has 24 heavy (non-hydrogen) atoms. The Labute approximate surface area is 152 Å². The average molecular weight is 401 g/mol. The normalized spacial score (nSPS) is 11.6. The number of amides is 1. The number of rotatable bonds is 3. The first-order valence-electron chi connectivity index (χ1n) is 6.57. The number of fused-ring (bicyclic) bond motifs is 1. The Morgan fingerprint density at radius 1 is 1.08 bits per heavy atom. The van der Waals surface area contributed by atoms with E-state index in [1.807, 2.05) is 0 Å². The zero-order valence-corrected chi connectivity index (χ0v) is 15.1. The molecule has 1 heterocycles. The fourth-order valence-corrected chi connectivity index (χ4v) is 4.30. The first kappa shape index (κ1) is 17.2. The van der Waals surface area contributed by atoms with Gasteiger partial charge in [0.05, 0.1) is 9.92 Å². The number of thiophene rings is 1. The lowest BCUT2D eigenvalue weighted by molar-refractivity contribution is 0.103. The Morgan fingerprint density at radius 3 is 2.38 bits per heavy atom. The van der Waals surface area contributed by atoms with Crippen LogP contribution in [0.4, 0.5) is 5.69 Å². The molecule has 0 spiro atoms. The topological polar surface area (TPSA) is 89.3 Å². The highest BCUT2D eigenvalue weighted by Gasteiger charge is 2.18. The molecule has 0 aliphatic rings. The van der Waals surface area contributed by atoms with Crippen LogP contribution in [0.1, 0.15) is 9.67 Å². The summed E-state index contributed by atoms with van der Waals surface area (Å²) in [4.78, 5) is 12.7. The van der Waals surface area contributed by atoms with E-state index in [9.17, 15) is 13.2 Å². The van der Waals surface area contributed by atoms with Crippen molar-refractivity contribution in [3.63, 3.8) is 0 Å². The third-order valence-electron chi connectivity index (χ3n) is 3.24. The van der Waals surface area contributed by atoms with Crippen LogP contribution in [0.3, 0.4) is 0 Å². The molecule has 1 amide bonds. The summed E-state index contributed by atoms with van der Waals surface area (Å²) in [7, 11) is -3.77. The van der Waals surface area contributed by atoms with Gasteiger partial charge in [-0.05, 0) is 36.4 Å². The molecule has 124 valence electrons. The predicted octanol–water partition coefficient (Wildman–Crippen LogP) is 4.11. The minimum absolute atomic E-state index is 0.0324. The van der Waals surface area contributed by atoms with E-state index in [1.165, 1.54) is 35.6 Å². The van der Waals surface area contributed by atoms with Crippen LogP contribution in [0.2, 0.25) is 10.0 Å². The Bertz CT molecular complexity index is 1040. The van der Waals surface area contributed by atoms with Crippen LogP contribution >= 0.6 is 34.5 Å². The number of hydrogen-bond donors (Lipinski definition) is 2. The summed E-state index contributed by atoms with van der Waals surface area (Å²) >= 11 is 13.4. The quantitative estimate of drug-likeness (QED) is 0.692. The summed E-state index contributed by atoms with van der Waals surface area (Å²) in [5, 5.41) is 9.37. The number of carbonyl (C=O) groups excluding carboxylic acids is 1. The molecule has 3 aromatic rings. The molecule has 3 rings (SSSR count). The van der Waals surface area contributed by atoms with Gasteiger partial charge in [0.2, 0.25) is 10.0 Å². The zero-order chi connectivity index (χ0) is 17.5. The number of halogens is 2. The van der Waals surface area contributed by atoms with Crippen LogP contribution in [-0.2, 0) is 10.0 Å². The molecule has 0 fully saturated rings. The lowest BCUT2D eigenvalue weighted by Gasteiger charge is -2.05. The maximum atomic E-state index is 12.4. The van der Waals surface area contributed by atoms with Crippen molar-refractivity contribution >= 4 is 66.2 Å². The van der Waals surface area contributed by atoms with Gasteiger partial charge in [-0.15, -0.1) is 11.3 Å². The van der Waals surface area contributed by atoms with Gasteiger partial charge in [0.25, 0.3) is 5.91 Å². The molecule has 0 bridgehead atoms. The molecule has 2 aromatic carbocycles. The lowest BCUT2D eigenvalue weighted by atomic mass is 10.2. The SMILES string of the molecule is NS(=O)(=O)c1ccc(NC(=O)c2sc3cc(Cl)ccc3c2Cl)cc1. The highest BCUT2D eigenvalue weighted by Crippen LogP contribution is 2.37. The molecule has 0 saturated heterocycles. The number of nitrogens with one attached hydrogen (secondary N) is 1. The number of benzene rings is 2. The monoisotopic (exact) mass is 400 g/mol. The predicted molar refractivity (Wildman–Crippen MR) is 97.6 cm³/mol. The maximum Gasteiger partial charge on any atom is 0.267 e. The van der Waals surface area contributed by atoms with Gasteiger partial charge in [-0.3, -0.25) is 4.79 Å². The minimum Gasteiger partial charge on any atom is -0.321 e. The molecule has 0 aliphatic heterocycles. The highest BCUT2D eigenvalue weighted by molar-refractivity contribution is 7.89. The summed E-state index contributed by atoms with van der Waals surface area (Å²) in [6.07, 6.45) is 0. The number of nitrogens with two attached hydrogens (primary N) is 1.